The van der Waals surface area contributed by atoms with Gasteiger partial charge in [0.05, 0.1) is 0 Å². The van der Waals surface area contributed by atoms with Gasteiger partial charge in [-0.05, 0) is 49.4 Å². The summed E-state index contributed by atoms with van der Waals surface area (Å²) in [5.41, 5.74) is 2.07. The van der Waals surface area contributed by atoms with Gasteiger partial charge >= 0.3 is 0 Å². The molecule has 1 amide bonds. The highest BCUT2D eigenvalue weighted by molar-refractivity contribution is 5.94. The summed E-state index contributed by atoms with van der Waals surface area (Å²) in [4.78, 5) is 17.5. The van der Waals surface area contributed by atoms with Crippen molar-refractivity contribution in [2.75, 3.05) is 43.4 Å². The molecule has 2 aromatic rings. The van der Waals surface area contributed by atoms with Crippen LogP contribution < -0.4 is 10.2 Å². The molecule has 1 saturated heterocycles. The van der Waals surface area contributed by atoms with E-state index in [0.717, 1.165) is 31.9 Å². The summed E-state index contributed by atoms with van der Waals surface area (Å²) >= 11 is 0. The number of piperazine rings is 1. The summed E-state index contributed by atoms with van der Waals surface area (Å²) in [7, 11) is 2.16. The van der Waals surface area contributed by atoms with Crippen LogP contribution in [-0.2, 0) is 4.79 Å². The van der Waals surface area contributed by atoms with Gasteiger partial charge < -0.3 is 19.7 Å². The van der Waals surface area contributed by atoms with Crippen molar-refractivity contribution in [3.8, 4) is 0 Å². The monoisotopic (exact) mass is 340 g/mol. The molecular formula is C20H28N4O. The Morgan fingerprint density at radius 1 is 1.00 bits per heavy atom. The van der Waals surface area contributed by atoms with E-state index in [4.69, 9.17) is 0 Å². The molecule has 3 rings (SSSR count). The third-order valence-electron chi connectivity index (χ3n) is 4.85. The second kappa shape index (κ2) is 7.74. The van der Waals surface area contributed by atoms with E-state index < -0.39 is 0 Å². The zero-order valence-corrected chi connectivity index (χ0v) is 15.4. The molecule has 0 spiro atoms. The van der Waals surface area contributed by atoms with Crippen LogP contribution in [0.1, 0.15) is 19.9 Å². The lowest BCUT2D eigenvalue weighted by Gasteiger charge is -2.34. The molecule has 2 heterocycles. The number of hydrogen-bond acceptors (Lipinski definition) is 3. The quantitative estimate of drug-likeness (QED) is 0.909. The fraction of sp³-hybridized carbons (Fsp3) is 0.450. The van der Waals surface area contributed by atoms with Crippen LogP contribution in [0.4, 0.5) is 11.4 Å². The van der Waals surface area contributed by atoms with E-state index in [0.29, 0.717) is 0 Å². The molecule has 1 N–H and O–H groups in total. The lowest BCUT2D eigenvalue weighted by Crippen LogP contribution is -2.44. The number of nitrogens with zero attached hydrogens (tertiary/aromatic N) is 3. The highest BCUT2D eigenvalue weighted by atomic mass is 16.2. The summed E-state index contributed by atoms with van der Waals surface area (Å²) in [5, 5.41) is 3.06. The average Bonchev–Trinajstić information content (AvgIpc) is 3.10. The molecule has 0 unspecified atom stereocenters. The summed E-state index contributed by atoms with van der Waals surface area (Å²) in [6, 6.07) is 11.9. The maximum Gasteiger partial charge on any atom is 0.247 e. The number of amides is 1. The van der Waals surface area contributed by atoms with Crippen molar-refractivity contribution in [3.63, 3.8) is 0 Å². The summed E-state index contributed by atoms with van der Waals surface area (Å²) < 4.78 is 1.97. The van der Waals surface area contributed by atoms with Gasteiger partial charge in [-0.1, -0.05) is 13.8 Å². The standard InChI is InChI=1S/C20H28N4O/c1-16(2)19(24-10-4-5-11-24)20(25)21-17-6-8-18(9-7-17)23-14-12-22(3)13-15-23/h4-11,16,19H,12-15H2,1-3H3,(H,21,25)/t19-/m0/s1. The van der Waals surface area contributed by atoms with Crippen molar-refractivity contribution < 1.29 is 4.79 Å². The fourth-order valence-corrected chi connectivity index (χ4v) is 3.35. The number of hydrogen-bond donors (Lipinski definition) is 1. The molecule has 0 radical (unpaired) electrons. The highest BCUT2D eigenvalue weighted by Crippen LogP contribution is 2.23. The number of carbonyl (C=O) groups is 1. The number of aromatic nitrogens is 1. The van der Waals surface area contributed by atoms with E-state index in [1.54, 1.807) is 0 Å². The smallest absolute Gasteiger partial charge is 0.247 e. The van der Waals surface area contributed by atoms with Gasteiger partial charge in [0.15, 0.2) is 0 Å². The lowest BCUT2D eigenvalue weighted by molar-refractivity contribution is -0.120. The summed E-state index contributed by atoms with van der Waals surface area (Å²) in [5.74, 6) is 0.246. The molecule has 1 aromatic heterocycles. The van der Waals surface area contributed by atoms with E-state index in [9.17, 15) is 4.79 Å². The largest absolute Gasteiger partial charge is 0.369 e. The van der Waals surface area contributed by atoms with Crippen LogP contribution in [0.15, 0.2) is 48.8 Å². The topological polar surface area (TPSA) is 40.5 Å². The zero-order valence-electron chi connectivity index (χ0n) is 15.4. The molecule has 1 aromatic carbocycles. The van der Waals surface area contributed by atoms with Gasteiger partial charge in [-0.2, -0.15) is 0 Å². The van der Waals surface area contributed by atoms with Gasteiger partial charge in [-0.25, -0.2) is 0 Å². The lowest BCUT2D eigenvalue weighted by atomic mass is 10.0. The Balaban J connectivity index is 1.65. The maximum absolute atomic E-state index is 12.7. The van der Waals surface area contributed by atoms with Crippen molar-refractivity contribution in [2.45, 2.75) is 19.9 Å². The molecule has 5 heteroatoms. The van der Waals surface area contributed by atoms with Gasteiger partial charge in [0.1, 0.15) is 6.04 Å². The first kappa shape index (κ1) is 17.5. The second-order valence-corrected chi connectivity index (χ2v) is 7.15. The van der Waals surface area contributed by atoms with Gasteiger partial charge in [0.2, 0.25) is 5.91 Å². The first-order valence-corrected chi connectivity index (χ1v) is 9.01. The maximum atomic E-state index is 12.7. The van der Waals surface area contributed by atoms with E-state index in [2.05, 4.69) is 48.1 Å². The van der Waals surface area contributed by atoms with E-state index >= 15 is 0 Å². The fourth-order valence-electron chi connectivity index (χ4n) is 3.35. The Bertz CT molecular complexity index is 670. The number of carbonyl (C=O) groups excluding carboxylic acids is 1. The molecule has 0 bridgehead atoms. The van der Waals surface area contributed by atoms with Crippen LogP contribution in [0.3, 0.4) is 0 Å². The second-order valence-electron chi connectivity index (χ2n) is 7.15. The Morgan fingerprint density at radius 3 is 2.16 bits per heavy atom. The van der Waals surface area contributed by atoms with Crippen molar-refractivity contribution >= 4 is 17.3 Å². The van der Waals surface area contributed by atoms with E-state index in [1.807, 2.05) is 41.2 Å². The highest BCUT2D eigenvalue weighted by Gasteiger charge is 2.23. The number of anilines is 2. The third-order valence-corrected chi connectivity index (χ3v) is 4.85. The minimum absolute atomic E-state index is 0.0264. The molecule has 1 atom stereocenters. The molecule has 5 nitrogen and oxygen atoms in total. The first-order chi connectivity index (χ1) is 12.0. The number of nitrogens with one attached hydrogen (secondary N) is 1. The van der Waals surface area contributed by atoms with Crippen LogP contribution in [0.5, 0.6) is 0 Å². The number of likely N-dealkylation sites (N-methyl/N-ethyl adjacent to an activating group) is 1. The van der Waals surface area contributed by atoms with E-state index in [-0.39, 0.29) is 17.9 Å². The molecule has 134 valence electrons. The van der Waals surface area contributed by atoms with Crippen LogP contribution in [0.25, 0.3) is 0 Å². The Labute approximate surface area is 150 Å². The molecule has 1 aliphatic rings. The van der Waals surface area contributed by atoms with Crippen LogP contribution in [0.2, 0.25) is 0 Å². The third kappa shape index (κ3) is 4.23. The Kier molecular flexibility index (Phi) is 5.43. The molecule has 25 heavy (non-hydrogen) atoms. The SMILES string of the molecule is CC(C)[C@@H](C(=O)Nc1ccc(N2CCN(C)CC2)cc1)n1cccc1. The van der Waals surface area contributed by atoms with Crippen LogP contribution >= 0.6 is 0 Å². The zero-order chi connectivity index (χ0) is 17.8. The predicted molar refractivity (Wildman–Crippen MR) is 103 cm³/mol. The average molecular weight is 340 g/mol. The van der Waals surface area contributed by atoms with Crippen molar-refractivity contribution in [2.24, 2.45) is 5.92 Å². The summed E-state index contributed by atoms with van der Waals surface area (Å²) in [6.45, 7) is 8.41. The summed E-state index contributed by atoms with van der Waals surface area (Å²) in [6.07, 6.45) is 3.89. The normalized spacial score (nSPS) is 16.9. The number of benzene rings is 1. The van der Waals surface area contributed by atoms with Crippen LogP contribution in [-0.4, -0.2) is 48.6 Å². The molecular weight excluding hydrogens is 312 g/mol. The van der Waals surface area contributed by atoms with Gasteiger partial charge in [-0.15, -0.1) is 0 Å². The van der Waals surface area contributed by atoms with Crippen LogP contribution in [0, 0.1) is 5.92 Å². The molecule has 1 fully saturated rings. The predicted octanol–water partition coefficient (Wildman–Crippen LogP) is 3.08. The van der Waals surface area contributed by atoms with Crippen molar-refractivity contribution in [3.05, 3.63) is 48.8 Å². The minimum Gasteiger partial charge on any atom is -0.369 e. The van der Waals surface area contributed by atoms with Gasteiger partial charge in [0, 0.05) is 49.9 Å². The van der Waals surface area contributed by atoms with E-state index in [1.165, 1.54) is 5.69 Å². The minimum atomic E-state index is -0.202. The first-order valence-electron chi connectivity index (χ1n) is 9.01. The van der Waals surface area contributed by atoms with Gasteiger partial charge in [0.25, 0.3) is 0 Å². The van der Waals surface area contributed by atoms with Gasteiger partial charge in [-0.3, -0.25) is 4.79 Å². The molecule has 1 aliphatic heterocycles. The molecule has 0 aliphatic carbocycles. The van der Waals surface area contributed by atoms with Crippen molar-refractivity contribution in [1.29, 1.82) is 0 Å². The number of rotatable bonds is 5. The Morgan fingerprint density at radius 2 is 1.60 bits per heavy atom. The van der Waals surface area contributed by atoms with Crippen molar-refractivity contribution in [1.82, 2.24) is 9.47 Å². The molecule has 0 saturated carbocycles. The Hall–Kier alpha value is -2.27.